The molecule has 20 heavy (non-hydrogen) atoms. The maximum Gasteiger partial charge on any atom is 0.124 e. The Morgan fingerprint density at radius 3 is 2.10 bits per heavy atom. The Labute approximate surface area is 119 Å². The summed E-state index contributed by atoms with van der Waals surface area (Å²) in [6, 6.07) is 10.4. The first-order chi connectivity index (χ1) is 9.41. The van der Waals surface area contributed by atoms with Crippen molar-refractivity contribution in [1.29, 1.82) is 0 Å². The highest BCUT2D eigenvalue weighted by atomic mass is 19.1. The highest BCUT2D eigenvalue weighted by molar-refractivity contribution is 5.37. The van der Waals surface area contributed by atoms with Crippen molar-refractivity contribution in [3.05, 3.63) is 65.7 Å². The SMILES string of the molecule is COC(c1ccc(F)cc1)(c1cccnc1)C(C)(C)C. The first-order valence-electron chi connectivity index (χ1n) is 6.63. The number of aromatic nitrogens is 1. The average Bonchev–Trinajstić information content (AvgIpc) is 2.42. The van der Waals surface area contributed by atoms with E-state index < -0.39 is 5.60 Å². The van der Waals surface area contributed by atoms with Gasteiger partial charge in [0.1, 0.15) is 11.4 Å². The molecule has 1 aromatic heterocycles. The van der Waals surface area contributed by atoms with Gasteiger partial charge in [-0.2, -0.15) is 0 Å². The van der Waals surface area contributed by atoms with E-state index in [4.69, 9.17) is 4.74 Å². The summed E-state index contributed by atoms with van der Waals surface area (Å²) in [5, 5.41) is 0. The van der Waals surface area contributed by atoms with Crippen LogP contribution in [0.15, 0.2) is 48.8 Å². The number of rotatable bonds is 3. The van der Waals surface area contributed by atoms with Crippen molar-refractivity contribution in [3.8, 4) is 0 Å². The quantitative estimate of drug-likeness (QED) is 0.838. The summed E-state index contributed by atoms with van der Waals surface area (Å²) < 4.78 is 19.2. The second-order valence-corrected chi connectivity index (χ2v) is 5.88. The van der Waals surface area contributed by atoms with Crippen LogP contribution in [0.2, 0.25) is 0 Å². The molecule has 1 heterocycles. The van der Waals surface area contributed by atoms with Crippen LogP contribution >= 0.6 is 0 Å². The Morgan fingerprint density at radius 2 is 1.65 bits per heavy atom. The van der Waals surface area contributed by atoms with Gasteiger partial charge in [0.15, 0.2) is 0 Å². The average molecular weight is 273 g/mol. The lowest BCUT2D eigenvalue weighted by atomic mass is 9.68. The molecule has 0 saturated heterocycles. The number of nitrogens with zero attached hydrogens (tertiary/aromatic N) is 1. The molecular weight excluding hydrogens is 253 g/mol. The molecule has 2 rings (SSSR count). The van der Waals surface area contributed by atoms with E-state index in [0.29, 0.717) is 0 Å². The normalized spacial score (nSPS) is 14.8. The summed E-state index contributed by atoms with van der Waals surface area (Å²) in [6.07, 6.45) is 3.54. The van der Waals surface area contributed by atoms with Crippen LogP contribution < -0.4 is 0 Å². The molecule has 0 aliphatic carbocycles. The summed E-state index contributed by atoms with van der Waals surface area (Å²) in [6.45, 7) is 6.31. The van der Waals surface area contributed by atoms with E-state index in [1.54, 1.807) is 31.6 Å². The van der Waals surface area contributed by atoms with Crippen LogP contribution in [0.4, 0.5) is 4.39 Å². The fourth-order valence-corrected chi connectivity index (χ4v) is 2.83. The molecule has 0 aliphatic rings. The molecule has 106 valence electrons. The molecule has 0 spiro atoms. The zero-order chi connectivity index (χ0) is 14.8. The zero-order valence-corrected chi connectivity index (χ0v) is 12.4. The molecule has 0 aliphatic heterocycles. The molecule has 0 saturated carbocycles. The summed E-state index contributed by atoms with van der Waals surface area (Å²) in [5.74, 6) is -0.251. The highest BCUT2D eigenvalue weighted by Gasteiger charge is 2.45. The molecule has 2 aromatic rings. The lowest BCUT2D eigenvalue weighted by molar-refractivity contribution is -0.0648. The number of benzene rings is 1. The van der Waals surface area contributed by atoms with Crippen LogP contribution in [0.1, 0.15) is 31.9 Å². The first kappa shape index (κ1) is 14.7. The van der Waals surface area contributed by atoms with Gasteiger partial charge >= 0.3 is 0 Å². The van der Waals surface area contributed by atoms with Crippen molar-refractivity contribution in [2.75, 3.05) is 7.11 Å². The number of halogens is 1. The van der Waals surface area contributed by atoms with E-state index >= 15 is 0 Å². The molecule has 2 nitrogen and oxygen atoms in total. The predicted molar refractivity (Wildman–Crippen MR) is 77.9 cm³/mol. The van der Waals surface area contributed by atoms with Gasteiger partial charge in [-0.1, -0.05) is 39.0 Å². The van der Waals surface area contributed by atoms with Crippen LogP contribution in [0.5, 0.6) is 0 Å². The van der Waals surface area contributed by atoms with Crippen LogP contribution in [-0.2, 0) is 10.3 Å². The van der Waals surface area contributed by atoms with Crippen LogP contribution in [0.25, 0.3) is 0 Å². The Hall–Kier alpha value is -1.74. The minimum absolute atomic E-state index is 0.220. The largest absolute Gasteiger partial charge is 0.368 e. The van der Waals surface area contributed by atoms with Crippen molar-refractivity contribution < 1.29 is 9.13 Å². The van der Waals surface area contributed by atoms with Gasteiger partial charge in [0.05, 0.1) is 0 Å². The third kappa shape index (κ3) is 2.34. The maximum absolute atomic E-state index is 13.2. The van der Waals surface area contributed by atoms with Crippen LogP contribution in [0, 0.1) is 11.2 Å². The molecule has 0 radical (unpaired) electrons. The molecule has 1 unspecified atom stereocenters. The van der Waals surface area contributed by atoms with Crippen LogP contribution in [-0.4, -0.2) is 12.1 Å². The fraction of sp³-hybridized carbons (Fsp3) is 0.353. The smallest absolute Gasteiger partial charge is 0.124 e. The fourth-order valence-electron chi connectivity index (χ4n) is 2.83. The summed E-state index contributed by atoms with van der Waals surface area (Å²) in [5.41, 5.74) is 0.987. The molecule has 0 N–H and O–H groups in total. The summed E-state index contributed by atoms with van der Waals surface area (Å²) in [4.78, 5) is 4.20. The molecular formula is C17H20FNO. The Balaban J connectivity index is 2.69. The lowest BCUT2D eigenvalue weighted by Crippen LogP contribution is -2.43. The number of hydrogen-bond acceptors (Lipinski definition) is 2. The first-order valence-corrected chi connectivity index (χ1v) is 6.63. The maximum atomic E-state index is 13.2. The van der Waals surface area contributed by atoms with Crippen molar-refractivity contribution >= 4 is 0 Å². The van der Waals surface area contributed by atoms with Crippen LogP contribution in [0.3, 0.4) is 0 Å². The second-order valence-electron chi connectivity index (χ2n) is 5.88. The standard InChI is InChI=1S/C17H20FNO/c1-16(2,3)17(20-4,14-6-5-11-19-12-14)13-7-9-15(18)10-8-13/h5-12H,1-4H3. The minimum atomic E-state index is -0.672. The number of ether oxygens (including phenoxy) is 1. The minimum Gasteiger partial charge on any atom is -0.368 e. The third-order valence-electron chi connectivity index (χ3n) is 3.68. The topological polar surface area (TPSA) is 22.1 Å². The molecule has 0 fully saturated rings. The third-order valence-corrected chi connectivity index (χ3v) is 3.68. The molecule has 0 amide bonds. The van der Waals surface area contributed by atoms with E-state index in [-0.39, 0.29) is 11.2 Å². The van der Waals surface area contributed by atoms with Gasteiger partial charge in [0, 0.05) is 25.1 Å². The highest BCUT2D eigenvalue weighted by Crippen LogP contribution is 2.47. The van der Waals surface area contributed by atoms with E-state index in [0.717, 1.165) is 11.1 Å². The summed E-state index contributed by atoms with van der Waals surface area (Å²) in [7, 11) is 1.68. The van der Waals surface area contributed by atoms with Gasteiger partial charge in [-0.3, -0.25) is 4.98 Å². The summed E-state index contributed by atoms with van der Waals surface area (Å²) >= 11 is 0. The lowest BCUT2D eigenvalue weighted by Gasteiger charge is -2.44. The van der Waals surface area contributed by atoms with Crippen molar-refractivity contribution in [2.45, 2.75) is 26.4 Å². The second kappa shape index (κ2) is 5.33. The van der Waals surface area contributed by atoms with E-state index in [9.17, 15) is 4.39 Å². The van der Waals surface area contributed by atoms with E-state index in [2.05, 4.69) is 25.8 Å². The van der Waals surface area contributed by atoms with Crippen molar-refractivity contribution in [2.24, 2.45) is 5.41 Å². The number of methoxy groups -OCH3 is 1. The number of pyridine rings is 1. The van der Waals surface area contributed by atoms with Crippen molar-refractivity contribution in [3.63, 3.8) is 0 Å². The zero-order valence-electron chi connectivity index (χ0n) is 12.4. The predicted octanol–water partition coefficient (Wildman–Crippen LogP) is 4.16. The Morgan fingerprint density at radius 1 is 1.00 bits per heavy atom. The van der Waals surface area contributed by atoms with Gasteiger partial charge in [0.2, 0.25) is 0 Å². The molecule has 3 heteroatoms. The monoisotopic (exact) mass is 273 g/mol. The van der Waals surface area contributed by atoms with Gasteiger partial charge in [-0.25, -0.2) is 4.39 Å². The van der Waals surface area contributed by atoms with Gasteiger partial charge in [-0.05, 0) is 29.2 Å². The van der Waals surface area contributed by atoms with E-state index in [1.165, 1.54) is 12.1 Å². The number of hydrogen-bond donors (Lipinski definition) is 0. The molecule has 1 atom stereocenters. The van der Waals surface area contributed by atoms with Gasteiger partial charge < -0.3 is 4.74 Å². The molecule has 1 aromatic carbocycles. The van der Waals surface area contributed by atoms with Gasteiger partial charge in [-0.15, -0.1) is 0 Å². The van der Waals surface area contributed by atoms with Crippen molar-refractivity contribution in [1.82, 2.24) is 4.98 Å². The van der Waals surface area contributed by atoms with E-state index in [1.807, 2.05) is 12.1 Å². The Bertz CT molecular complexity index is 560. The molecule has 0 bridgehead atoms. The van der Waals surface area contributed by atoms with Gasteiger partial charge in [0.25, 0.3) is 0 Å². The Kier molecular flexibility index (Phi) is 3.91.